The van der Waals surface area contributed by atoms with Gasteiger partial charge in [0.2, 0.25) is 0 Å². The van der Waals surface area contributed by atoms with Crippen LogP contribution in [0.1, 0.15) is 40.3 Å². The second-order valence-corrected chi connectivity index (χ2v) is 9.47. The minimum absolute atomic E-state index is 0. The summed E-state index contributed by atoms with van der Waals surface area (Å²) in [5.74, 6) is -2.15. The van der Waals surface area contributed by atoms with E-state index in [0.29, 0.717) is 17.1 Å². The van der Waals surface area contributed by atoms with Crippen molar-refractivity contribution in [3.63, 3.8) is 0 Å². The first-order chi connectivity index (χ1) is 25.9. The summed E-state index contributed by atoms with van der Waals surface area (Å²) in [5, 5.41) is 24.2. The number of carboxylic acid groups (broad SMARTS) is 2. The van der Waals surface area contributed by atoms with E-state index in [9.17, 15) is 22.8 Å². The van der Waals surface area contributed by atoms with Gasteiger partial charge in [-0.2, -0.15) is 32.3 Å². The van der Waals surface area contributed by atoms with Crippen LogP contribution in [-0.4, -0.2) is 64.5 Å². The second-order valence-electron chi connectivity index (χ2n) is 9.47. The molecule has 55 heavy (non-hydrogen) atoms. The van der Waals surface area contributed by atoms with Gasteiger partial charge in [-0.25, -0.2) is 9.59 Å². The Bertz CT molecular complexity index is 1980. The van der Waals surface area contributed by atoms with E-state index in [1.54, 1.807) is 30.6 Å². The number of carbonyl (C=O) groups is 2. The fraction of sp³-hybridized carbons (Fsp3) is 0.0833. The zero-order valence-corrected chi connectivity index (χ0v) is 30.2. The molecule has 6 aromatic rings. The number of hydrogen-bond donors (Lipinski definition) is 2. The molecule has 0 aliphatic carbocycles. The van der Waals surface area contributed by atoms with Gasteiger partial charge in [0.15, 0.2) is 0 Å². The van der Waals surface area contributed by atoms with Crippen LogP contribution in [0.4, 0.5) is 13.2 Å². The van der Waals surface area contributed by atoms with Gasteiger partial charge < -0.3 is 20.4 Å². The number of hydrogen-bond acceptors (Lipinski definition) is 12. The average molecular weight is 845 g/mol. The quantitative estimate of drug-likeness (QED) is 0.153. The Morgan fingerprint density at radius 2 is 0.945 bits per heavy atom. The maximum absolute atomic E-state index is 12.2. The molecule has 6 rings (SSSR count). The zero-order chi connectivity index (χ0) is 40.4. The standard InChI is InChI=1S/C12H8N2O4.C10H8N2.C9H5F3N3.C3H7.2CO2.Ru/c15-11(16)7-1-3-13-9(5-7)10-6-8(12(17)18)2-4-14-10;1-3-7-11-9(5-1)10-6-2-4-8-12-10;10-9(11,12)8-5-7(14-15-8)6-3-1-2-4-13-6;1-3-2;2*2-1-3;/h1-6H,(H,15,16)(H,17,18);1-8H;1-5H;3H,1-2H3;;;/q;;-1;+1;;;+1. The molecular weight excluding hydrogens is 817 g/mol. The van der Waals surface area contributed by atoms with Crippen LogP contribution in [0.25, 0.3) is 34.2 Å². The number of rotatable bonds is 5. The van der Waals surface area contributed by atoms with Gasteiger partial charge in [-0.05, 0) is 66.7 Å². The first-order valence-electron chi connectivity index (χ1n) is 14.8. The smallest absolute Gasteiger partial charge is 0.573 e. The third kappa shape index (κ3) is 18.3. The molecule has 0 saturated heterocycles. The van der Waals surface area contributed by atoms with Crippen LogP contribution in [0, 0.1) is 6.42 Å². The fourth-order valence-corrected chi connectivity index (χ4v) is 3.51. The summed E-state index contributed by atoms with van der Waals surface area (Å²) in [6.45, 7) is 4.00. The molecule has 19 heteroatoms. The maximum atomic E-state index is 12.2. The molecular formula is C36H28F3N7O8Ru+. The van der Waals surface area contributed by atoms with Gasteiger partial charge in [0.05, 0.1) is 54.2 Å². The molecule has 0 aliphatic rings. The molecule has 283 valence electrons. The van der Waals surface area contributed by atoms with Crippen LogP contribution >= 0.6 is 0 Å². The van der Waals surface area contributed by atoms with Crippen molar-refractivity contribution in [2.75, 3.05) is 0 Å². The molecule has 0 amide bonds. The summed E-state index contributed by atoms with van der Waals surface area (Å²) < 4.78 is 36.6. The summed E-state index contributed by atoms with van der Waals surface area (Å²) in [4.78, 5) is 74.3. The SMILES string of the molecule is C[CH+]C.FC(F)(F)c1cc(-c2ccccn2)[n-]n1.O=C(O)c1ccnc(-c2cc(C(=O)O)ccn2)c1.O=C=O.O=C=O.[Ru+].c1ccc(-c2ccccn2)nc1. The largest absolute Gasteiger partial charge is 1.00 e. The summed E-state index contributed by atoms with van der Waals surface area (Å²) >= 11 is 0. The van der Waals surface area contributed by atoms with Crippen molar-refractivity contribution >= 4 is 24.2 Å². The number of carbonyl (C=O) groups excluding carboxylic acids is 4. The third-order valence-electron chi connectivity index (χ3n) is 5.63. The van der Waals surface area contributed by atoms with E-state index in [-0.39, 0.29) is 48.6 Å². The third-order valence-corrected chi connectivity index (χ3v) is 5.63. The minimum atomic E-state index is -4.46. The van der Waals surface area contributed by atoms with Gasteiger partial charge in [-0.3, -0.25) is 24.9 Å². The van der Waals surface area contributed by atoms with Crippen molar-refractivity contribution in [2.24, 2.45) is 0 Å². The Kier molecular flexibility index (Phi) is 23.3. The predicted octanol–water partition coefficient (Wildman–Crippen LogP) is 5.86. The zero-order valence-electron chi connectivity index (χ0n) is 28.5. The van der Waals surface area contributed by atoms with Gasteiger partial charge in [0.25, 0.3) is 0 Å². The van der Waals surface area contributed by atoms with E-state index in [4.69, 9.17) is 29.4 Å². The molecule has 6 aromatic heterocycles. The van der Waals surface area contributed by atoms with E-state index in [2.05, 4.69) is 35.1 Å². The van der Waals surface area contributed by atoms with Crippen molar-refractivity contribution in [1.29, 1.82) is 0 Å². The summed E-state index contributed by atoms with van der Waals surface area (Å²) in [6, 6.07) is 22.8. The Morgan fingerprint density at radius 3 is 1.24 bits per heavy atom. The van der Waals surface area contributed by atoms with E-state index < -0.39 is 23.8 Å². The topological polar surface area (TPSA) is 234 Å². The Labute approximate surface area is 323 Å². The van der Waals surface area contributed by atoms with Crippen LogP contribution in [0.15, 0.2) is 116 Å². The van der Waals surface area contributed by atoms with Crippen molar-refractivity contribution in [3.8, 4) is 34.2 Å². The normalized spacial score (nSPS) is 9.11. The van der Waals surface area contributed by atoms with Gasteiger partial charge in [0.1, 0.15) is 5.69 Å². The molecule has 1 radical (unpaired) electrons. The fourth-order valence-electron chi connectivity index (χ4n) is 3.51. The van der Waals surface area contributed by atoms with Crippen LogP contribution < -0.4 is 5.10 Å². The van der Waals surface area contributed by atoms with Crippen molar-refractivity contribution < 1.29 is 71.6 Å². The summed E-state index contributed by atoms with van der Waals surface area (Å²) in [6.07, 6.45) is 5.74. The summed E-state index contributed by atoms with van der Waals surface area (Å²) in [5.41, 5.74) is 2.11. The molecule has 0 saturated carbocycles. The minimum Gasteiger partial charge on any atom is -0.573 e. The molecule has 0 aromatic carbocycles. The molecule has 0 unspecified atom stereocenters. The molecule has 0 fully saturated rings. The Morgan fingerprint density at radius 1 is 0.600 bits per heavy atom. The van der Waals surface area contributed by atoms with Gasteiger partial charge in [-0.15, -0.1) is 0 Å². The number of pyridine rings is 5. The molecule has 2 N–H and O–H groups in total. The molecule has 0 spiro atoms. The molecule has 6 heterocycles. The molecule has 15 nitrogen and oxygen atoms in total. The number of nitrogens with zero attached hydrogens (tertiary/aromatic N) is 7. The number of halogens is 3. The van der Waals surface area contributed by atoms with Crippen molar-refractivity contribution in [3.05, 3.63) is 139 Å². The second kappa shape index (κ2) is 26.7. The monoisotopic (exact) mass is 845 g/mol. The Balaban J connectivity index is 0.000000719. The van der Waals surface area contributed by atoms with E-state index >= 15 is 0 Å². The molecule has 0 aliphatic heterocycles. The van der Waals surface area contributed by atoms with Crippen LogP contribution in [0.5, 0.6) is 0 Å². The van der Waals surface area contributed by atoms with E-state index in [0.717, 1.165) is 17.5 Å². The predicted molar refractivity (Wildman–Crippen MR) is 180 cm³/mol. The van der Waals surface area contributed by atoms with Crippen LogP contribution in [0.3, 0.4) is 0 Å². The maximum Gasteiger partial charge on any atom is 1.00 e. The molecule has 0 atom stereocenters. The van der Waals surface area contributed by atoms with Crippen LogP contribution in [0.2, 0.25) is 0 Å². The average Bonchev–Trinajstić information content (AvgIpc) is 3.70. The van der Waals surface area contributed by atoms with Crippen molar-refractivity contribution in [2.45, 2.75) is 20.0 Å². The number of alkyl halides is 3. The van der Waals surface area contributed by atoms with Crippen LogP contribution in [-0.2, 0) is 44.8 Å². The van der Waals surface area contributed by atoms with Gasteiger partial charge >= 0.3 is 49.9 Å². The first kappa shape index (κ1) is 47.9. The van der Waals surface area contributed by atoms with Gasteiger partial charge in [0, 0.05) is 36.7 Å². The van der Waals surface area contributed by atoms with E-state index in [1.807, 2.05) is 56.7 Å². The van der Waals surface area contributed by atoms with Crippen molar-refractivity contribution in [1.82, 2.24) is 35.1 Å². The Hall–Kier alpha value is -7.06. The molecule has 0 bridgehead atoms. The number of aromatic carboxylic acids is 2. The van der Waals surface area contributed by atoms with E-state index in [1.165, 1.54) is 42.9 Å². The summed E-state index contributed by atoms with van der Waals surface area (Å²) in [7, 11) is 0. The number of carboxylic acids is 2. The van der Waals surface area contributed by atoms with Gasteiger partial charge in [-0.1, -0.05) is 23.9 Å². The first-order valence-corrected chi connectivity index (χ1v) is 14.8. The number of aromatic nitrogens is 7.